The molecule has 0 aliphatic heterocycles. The SMILES string of the molecule is CN(CCCC1CCC(C)(C)C1)c1cccc(S(=O)(=O)NC(=O)c2ccc(-n3ccc(OCCC(C4CC4)C4CC4)n3)nc2Cl)n1.CN(CCCC1CCC(C)(C)C1)c1cccc(S(N)(=O)=O)n1.O=C(O)c1ccc(-n2ccc(OCCC(C3CC3)C3CC3)n2)nc1Cl. The first kappa shape index (κ1) is 69.4. The van der Waals surface area contributed by atoms with Gasteiger partial charge in [-0.15, -0.1) is 10.2 Å². The lowest BCUT2D eigenvalue weighted by atomic mass is 9.89. The minimum Gasteiger partial charge on any atom is -0.478 e. The van der Waals surface area contributed by atoms with E-state index >= 15 is 0 Å². The molecule has 0 radical (unpaired) electrons. The molecule has 6 aromatic rings. The number of sulfonamides is 2. The number of anilines is 2. The van der Waals surface area contributed by atoms with Crippen LogP contribution >= 0.6 is 23.2 Å². The zero-order valence-electron chi connectivity index (χ0n) is 54.5. The van der Waals surface area contributed by atoms with Crippen LogP contribution in [0.25, 0.3) is 11.6 Å². The highest BCUT2D eigenvalue weighted by molar-refractivity contribution is 7.90. The van der Waals surface area contributed by atoms with E-state index in [-0.39, 0.29) is 31.5 Å². The highest BCUT2D eigenvalue weighted by Gasteiger charge is 2.42. The van der Waals surface area contributed by atoms with E-state index in [9.17, 15) is 26.4 Å². The Kier molecular flexibility index (Phi) is 22.5. The number of nitrogens with zero attached hydrogens (tertiary/aromatic N) is 10. The third-order valence-corrected chi connectivity index (χ3v) is 22.0. The third kappa shape index (κ3) is 20.1. The molecule has 12 rings (SSSR count). The number of carboxylic acid groups (broad SMARTS) is 1. The van der Waals surface area contributed by atoms with Crippen molar-refractivity contribution in [3.8, 4) is 23.4 Å². The molecule has 6 saturated carbocycles. The molecule has 0 spiro atoms. The molecule has 4 N–H and O–H groups in total. The number of primary sulfonamides is 1. The Labute approximate surface area is 558 Å². The first-order chi connectivity index (χ1) is 44.3. The predicted molar refractivity (Wildman–Crippen MR) is 360 cm³/mol. The maximum Gasteiger partial charge on any atom is 0.338 e. The quantitative estimate of drug-likeness (QED) is 0.0368. The van der Waals surface area contributed by atoms with Crippen molar-refractivity contribution in [3.05, 3.63) is 107 Å². The van der Waals surface area contributed by atoms with Gasteiger partial charge in [0.15, 0.2) is 21.7 Å². The number of amides is 1. The Balaban J connectivity index is 0.000000169. The molecule has 25 heteroatoms. The lowest BCUT2D eigenvalue weighted by Crippen LogP contribution is -2.32. The molecule has 21 nitrogen and oxygen atoms in total. The van der Waals surface area contributed by atoms with E-state index in [4.69, 9.17) is 42.9 Å². The van der Waals surface area contributed by atoms with Crippen molar-refractivity contribution in [2.75, 3.05) is 50.2 Å². The number of aromatic carboxylic acids is 1. The molecule has 1 amide bonds. The van der Waals surface area contributed by atoms with Gasteiger partial charge in [0.2, 0.25) is 11.8 Å². The van der Waals surface area contributed by atoms with E-state index in [1.165, 1.54) is 130 Å². The van der Waals surface area contributed by atoms with Crippen molar-refractivity contribution in [1.29, 1.82) is 0 Å². The topological polar surface area (TPSA) is 273 Å². The predicted octanol–water partition coefficient (Wildman–Crippen LogP) is 13.3. The van der Waals surface area contributed by atoms with Crippen LogP contribution in [0.15, 0.2) is 95.2 Å². The van der Waals surface area contributed by atoms with Crippen LogP contribution in [0.2, 0.25) is 10.3 Å². The zero-order valence-corrected chi connectivity index (χ0v) is 57.7. The molecule has 6 aromatic heterocycles. The summed E-state index contributed by atoms with van der Waals surface area (Å²) < 4.78 is 65.9. The number of carbonyl (C=O) groups excluding carboxylic acids is 1. The number of ether oxygens (including phenoxy) is 2. The first-order valence-corrected chi connectivity index (χ1v) is 37.0. The van der Waals surface area contributed by atoms with E-state index in [0.29, 0.717) is 59.1 Å². The van der Waals surface area contributed by atoms with Gasteiger partial charge < -0.3 is 24.4 Å². The molecule has 0 aromatic carbocycles. The van der Waals surface area contributed by atoms with Gasteiger partial charge in [-0.3, -0.25) is 4.79 Å². The first-order valence-electron chi connectivity index (χ1n) is 33.2. The Bertz CT molecular complexity index is 3750. The van der Waals surface area contributed by atoms with Crippen LogP contribution in [-0.4, -0.2) is 114 Å². The Morgan fingerprint density at radius 1 is 0.613 bits per heavy atom. The van der Waals surface area contributed by atoms with Gasteiger partial charge in [-0.1, -0.05) is 63.0 Å². The highest BCUT2D eigenvalue weighted by atomic mass is 35.5. The molecular formula is C68H92Cl2N12O9S2. The monoisotopic (exact) mass is 1350 g/mol. The molecular weight excluding hydrogens is 1260 g/mol. The van der Waals surface area contributed by atoms with Crippen LogP contribution in [0.3, 0.4) is 0 Å². The van der Waals surface area contributed by atoms with E-state index in [2.05, 4.69) is 62.6 Å². The van der Waals surface area contributed by atoms with Gasteiger partial charge in [0.25, 0.3) is 26.0 Å². The van der Waals surface area contributed by atoms with Gasteiger partial charge in [0, 0.05) is 51.7 Å². The summed E-state index contributed by atoms with van der Waals surface area (Å²) in [5.41, 5.74) is 0.828. The van der Waals surface area contributed by atoms with Crippen molar-refractivity contribution < 1.29 is 41.0 Å². The van der Waals surface area contributed by atoms with Gasteiger partial charge in [-0.05, 0) is 235 Å². The van der Waals surface area contributed by atoms with Crippen LogP contribution < -0.4 is 29.1 Å². The molecule has 2 unspecified atom stereocenters. The number of halogens is 2. The third-order valence-electron chi connectivity index (χ3n) is 19.4. The van der Waals surface area contributed by atoms with E-state index < -0.39 is 31.9 Å². The summed E-state index contributed by atoms with van der Waals surface area (Å²) in [6, 6.07) is 19.2. The molecule has 6 aliphatic carbocycles. The molecule has 2 atom stereocenters. The van der Waals surface area contributed by atoms with Gasteiger partial charge in [-0.25, -0.2) is 52.4 Å². The summed E-state index contributed by atoms with van der Waals surface area (Å²) >= 11 is 12.3. The average Bonchev–Trinajstić information content (AvgIpc) is 1.89. The molecule has 93 heavy (non-hydrogen) atoms. The molecule has 0 bridgehead atoms. The maximum absolute atomic E-state index is 13.1. The standard InChI is InChI=1S/C34H45ClN6O4S.C18H20ClN3O3.C16H27N3O2S/c1-34(2)18-15-23(22-34)6-5-19-40(3)28-7-4-8-31(36-28)46(43,44)39-33(42)27-13-14-29(37-32(27)35)41-20-16-30(38-41)45-21-17-26(24-9-10-24)25-11-12-25;19-17-14(18(23)24)5-6-15(20-17)22-9-7-16(21-22)25-10-8-13(11-1-2-11)12-3-4-12;1-16(2)10-9-13(12-16)6-5-11-19(3)14-7-4-8-15(18-14)22(17,20)21/h4,7-8,13-14,16,20,23-26H,5-6,9-12,15,17-19,21-22H2,1-3H3,(H,39,42);5-7,9,11-13H,1-4,8,10H2,(H,23,24);4,7-8,13H,5-6,9-12H2,1-3H3,(H2,17,20,21). The van der Waals surface area contributed by atoms with Crippen LogP contribution in [0.5, 0.6) is 11.8 Å². The molecule has 6 aliphatic rings. The summed E-state index contributed by atoms with van der Waals surface area (Å²) in [6.45, 7) is 12.3. The van der Waals surface area contributed by atoms with Crippen LogP contribution in [0, 0.1) is 58.2 Å². The van der Waals surface area contributed by atoms with Crippen molar-refractivity contribution in [2.24, 2.45) is 63.3 Å². The molecule has 6 heterocycles. The minimum atomic E-state index is -4.26. The Hall–Kier alpha value is -6.40. The number of hydrogen-bond acceptors (Lipinski definition) is 16. The average molecular weight is 1360 g/mol. The fourth-order valence-corrected chi connectivity index (χ4v) is 15.6. The number of carbonyl (C=O) groups is 2. The second-order valence-electron chi connectivity index (χ2n) is 28.3. The van der Waals surface area contributed by atoms with Gasteiger partial charge in [-0.2, -0.15) is 8.42 Å². The second-order valence-corrected chi connectivity index (χ2v) is 32.1. The number of nitrogens with two attached hydrogens (primary N) is 1. The van der Waals surface area contributed by atoms with E-state index in [1.807, 2.05) is 30.0 Å². The second kappa shape index (κ2) is 30.1. The maximum atomic E-state index is 13.1. The van der Waals surface area contributed by atoms with Crippen molar-refractivity contribution in [1.82, 2.24) is 44.2 Å². The summed E-state index contributed by atoms with van der Waals surface area (Å²) in [5, 5.41) is 22.4. The van der Waals surface area contributed by atoms with Gasteiger partial charge in [0.1, 0.15) is 21.9 Å². The Morgan fingerprint density at radius 2 is 1.03 bits per heavy atom. The Morgan fingerprint density at radius 3 is 1.42 bits per heavy atom. The number of rotatable bonds is 29. The van der Waals surface area contributed by atoms with Crippen LogP contribution in [0.1, 0.15) is 177 Å². The smallest absolute Gasteiger partial charge is 0.338 e. The van der Waals surface area contributed by atoms with Crippen molar-refractivity contribution >= 4 is 66.8 Å². The number of pyridine rings is 4. The molecule has 6 fully saturated rings. The summed E-state index contributed by atoms with van der Waals surface area (Å²) in [5.74, 6) is 7.83. The zero-order chi connectivity index (χ0) is 66.2. The molecule has 504 valence electrons. The number of hydrogen-bond donors (Lipinski definition) is 3. The highest BCUT2D eigenvalue weighted by Crippen LogP contribution is 2.52. The fraction of sp³-hybridized carbons (Fsp3) is 0.588. The minimum absolute atomic E-state index is 0.0276. The van der Waals surface area contributed by atoms with E-state index in [0.717, 1.165) is 92.5 Å². The lowest BCUT2D eigenvalue weighted by molar-refractivity contribution is 0.0696. The van der Waals surface area contributed by atoms with Crippen LogP contribution in [-0.2, 0) is 20.0 Å². The van der Waals surface area contributed by atoms with Crippen molar-refractivity contribution in [2.45, 2.75) is 166 Å². The van der Waals surface area contributed by atoms with Crippen LogP contribution in [0.4, 0.5) is 11.6 Å². The fourth-order valence-electron chi connectivity index (χ4n) is 13.8. The van der Waals surface area contributed by atoms with Gasteiger partial charge in [0.05, 0.1) is 24.3 Å². The number of nitrogens with one attached hydrogen (secondary N) is 1. The normalized spacial score (nSPS) is 19.1. The number of aromatic nitrogens is 8. The largest absolute Gasteiger partial charge is 0.478 e. The van der Waals surface area contributed by atoms with Gasteiger partial charge >= 0.3 is 5.97 Å². The molecule has 0 saturated heterocycles. The summed E-state index contributed by atoms with van der Waals surface area (Å²) in [4.78, 5) is 44.8. The summed E-state index contributed by atoms with van der Waals surface area (Å²) in [7, 11) is -4.17. The number of carboxylic acids is 1. The van der Waals surface area contributed by atoms with E-state index in [1.54, 1.807) is 54.9 Å². The van der Waals surface area contributed by atoms with Crippen molar-refractivity contribution in [3.63, 3.8) is 0 Å². The summed E-state index contributed by atoms with van der Waals surface area (Å²) in [6.07, 6.45) is 28.8. The lowest BCUT2D eigenvalue weighted by Gasteiger charge is -2.20.